The molecular formula is C30H48O6. The topological polar surface area (TPSA) is 118 Å². The minimum absolute atomic E-state index is 0.0114. The quantitative estimate of drug-likeness (QED) is 0.361. The predicted molar refractivity (Wildman–Crippen MR) is 137 cm³/mol. The number of aliphatic carboxylic acids is 1. The minimum atomic E-state index is -1.32. The lowest BCUT2D eigenvalue weighted by Crippen LogP contribution is -2.69. The van der Waals surface area contributed by atoms with E-state index in [9.17, 15) is 30.3 Å². The molecule has 12 atom stereocenters. The second kappa shape index (κ2) is 7.80. The van der Waals surface area contributed by atoms with Crippen LogP contribution in [0, 0.1) is 50.7 Å². The SMILES string of the molecule is C[C@@H]1[C@@H](O)C[C@]2(C(=O)O)CC[C@]3(C)C(=CC[C@@H]4[C@@]5(C)CC[C@H](O)C(C)(CO)C5CC[C@]43C)[C@@H]2[C@]1(C)O. The lowest BCUT2D eigenvalue weighted by Gasteiger charge is -2.72. The van der Waals surface area contributed by atoms with Gasteiger partial charge in [0, 0.05) is 17.3 Å². The number of fused-ring (bicyclic) bond motifs is 7. The Labute approximate surface area is 216 Å². The average Bonchev–Trinajstić information content (AvgIpc) is 2.80. The molecule has 5 aliphatic carbocycles. The first-order valence-electron chi connectivity index (χ1n) is 14.2. The Balaban J connectivity index is 1.64. The third kappa shape index (κ3) is 2.91. The third-order valence-electron chi connectivity index (χ3n) is 13.7. The van der Waals surface area contributed by atoms with Crippen molar-refractivity contribution in [3.63, 3.8) is 0 Å². The van der Waals surface area contributed by atoms with E-state index in [1.54, 1.807) is 6.92 Å². The van der Waals surface area contributed by atoms with Crippen LogP contribution >= 0.6 is 0 Å². The smallest absolute Gasteiger partial charge is 0.310 e. The molecule has 0 heterocycles. The van der Waals surface area contributed by atoms with Crippen LogP contribution in [0.15, 0.2) is 11.6 Å². The number of carboxylic acids is 1. The maximum atomic E-state index is 12.9. The highest BCUT2D eigenvalue weighted by molar-refractivity contribution is 5.77. The molecule has 0 saturated heterocycles. The van der Waals surface area contributed by atoms with Gasteiger partial charge in [0.15, 0.2) is 0 Å². The number of hydrogen-bond acceptors (Lipinski definition) is 5. The molecule has 4 saturated carbocycles. The van der Waals surface area contributed by atoms with Crippen molar-refractivity contribution in [2.45, 2.75) is 111 Å². The van der Waals surface area contributed by atoms with Crippen LogP contribution in [-0.2, 0) is 4.79 Å². The number of aliphatic hydroxyl groups is 4. The molecule has 204 valence electrons. The largest absolute Gasteiger partial charge is 0.481 e. The van der Waals surface area contributed by atoms with Gasteiger partial charge >= 0.3 is 5.97 Å². The molecule has 6 heteroatoms. The minimum Gasteiger partial charge on any atom is -0.481 e. The molecule has 0 amide bonds. The van der Waals surface area contributed by atoms with Crippen LogP contribution in [0.3, 0.4) is 0 Å². The number of hydrogen-bond donors (Lipinski definition) is 5. The molecule has 0 spiro atoms. The maximum Gasteiger partial charge on any atom is 0.310 e. The van der Waals surface area contributed by atoms with Crippen molar-refractivity contribution in [2.75, 3.05) is 6.61 Å². The Bertz CT molecular complexity index is 974. The second-order valence-electron chi connectivity index (χ2n) is 14.7. The summed E-state index contributed by atoms with van der Waals surface area (Å²) in [6, 6.07) is 0. The van der Waals surface area contributed by atoms with Crippen LogP contribution in [-0.4, -0.2) is 55.9 Å². The second-order valence-corrected chi connectivity index (χ2v) is 14.7. The van der Waals surface area contributed by atoms with Crippen molar-refractivity contribution in [2.24, 2.45) is 50.7 Å². The molecule has 0 bridgehead atoms. The fraction of sp³-hybridized carbons (Fsp3) is 0.900. The van der Waals surface area contributed by atoms with Crippen LogP contribution in [0.4, 0.5) is 0 Å². The van der Waals surface area contributed by atoms with Crippen molar-refractivity contribution < 1.29 is 30.3 Å². The Morgan fingerprint density at radius 2 is 1.67 bits per heavy atom. The Morgan fingerprint density at radius 1 is 1.00 bits per heavy atom. The highest BCUT2D eigenvalue weighted by atomic mass is 16.4. The highest BCUT2D eigenvalue weighted by Crippen LogP contribution is 2.76. The molecule has 5 rings (SSSR count). The van der Waals surface area contributed by atoms with Gasteiger partial charge in [0.05, 0.1) is 29.8 Å². The molecule has 6 nitrogen and oxygen atoms in total. The monoisotopic (exact) mass is 504 g/mol. The van der Waals surface area contributed by atoms with Gasteiger partial charge in [-0.2, -0.15) is 0 Å². The van der Waals surface area contributed by atoms with E-state index >= 15 is 0 Å². The van der Waals surface area contributed by atoms with E-state index in [2.05, 4.69) is 33.8 Å². The van der Waals surface area contributed by atoms with Gasteiger partial charge in [0.1, 0.15) is 0 Å². The highest BCUT2D eigenvalue weighted by Gasteiger charge is 2.72. The van der Waals surface area contributed by atoms with E-state index in [0.717, 1.165) is 37.7 Å². The molecule has 0 radical (unpaired) electrons. The van der Waals surface area contributed by atoms with E-state index in [0.29, 0.717) is 18.8 Å². The Morgan fingerprint density at radius 3 is 2.28 bits per heavy atom. The molecule has 0 aromatic rings. The molecule has 0 aromatic carbocycles. The predicted octanol–water partition coefficient (Wildman–Crippen LogP) is 4.15. The third-order valence-corrected chi connectivity index (χ3v) is 13.7. The first-order chi connectivity index (χ1) is 16.6. The summed E-state index contributed by atoms with van der Waals surface area (Å²) in [5.74, 6) is -1.26. The molecule has 0 aliphatic heterocycles. The van der Waals surface area contributed by atoms with Crippen LogP contribution in [0.2, 0.25) is 0 Å². The van der Waals surface area contributed by atoms with Crippen molar-refractivity contribution in [1.82, 2.24) is 0 Å². The fourth-order valence-corrected chi connectivity index (χ4v) is 11.0. The fourth-order valence-electron chi connectivity index (χ4n) is 11.0. The number of aliphatic hydroxyl groups excluding tert-OH is 3. The number of rotatable bonds is 2. The Kier molecular flexibility index (Phi) is 5.77. The van der Waals surface area contributed by atoms with Crippen LogP contribution in [0.5, 0.6) is 0 Å². The molecule has 0 aromatic heterocycles. The lowest BCUT2D eigenvalue weighted by atomic mass is 9.33. The standard InChI is InChI=1S/C30H48O6/c1-17-19(32)15-30(24(34)35)14-13-27(4)18(23(30)29(17,6)36)7-8-21-25(2)11-10-22(33)26(3,16-31)20(25)9-12-28(21,27)5/h7,17,19-23,31-33,36H,8-16H2,1-6H3,(H,34,35)/t17-,19+,20?,21-,22+,23-,25+,26?,27-,28-,29-,30-/m1/s1. The van der Waals surface area contributed by atoms with Gasteiger partial charge in [-0.25, -0.2) is 0 Å². The van der Waals surface area contributed by atoms with Gasteiger partial charge in [-0.05, 0) is 86.4 Å². The summed E-state index contributed by atoms with van der Waals surface area (Å²) in [7, 11) is 0. The number of allylic oxidation sites excluding steroid dienone is 1. The normalized spacial score (nSPS) is 58.6. The molecular weight excluding hydrogens is 456 g/mol. The van der Waals surface area contributed by atoms with Gasteiger partial charge in [-0.15, -0.1) is 0 Å². The van der Waals surface area contributed by atoms with Gasteiger partial charge < -0.3 is 25.5 Å². The summed E-state index contributed by atoms with van der Waals surface area (Å²) in [5.41, 5.74) is -2.27. The number of carboxylic acid groups (broad SMARTS) is 1. The molecule has 2 unspecified atom stereocenters. The molecule has 36 heavy (non-hydrogen) atoms. The van der Waals surface area contributed by atoms with Crippen molar-refractivity contribution in [1.29, 1.82) is 0 Å². The lowest BCUT2D eigenvalue weighted by molar-refractivity contribution is -0.232. The Hall–Kier alpha value is -0.950. The molecule has 5 N–H and O–H groups in total. The van der Waals surface area contributed by atoms with E-state index in [4.69, 9.17) is 0 Å². The van der Waals surface area contributed by atoms with Crippen LogP contribution in [0.1, 0.15) is 92.9 Å². The molecule has 5 aliphatic rings. The van der Waals surface area contributed by atoms with E-state index < -0.39 is 46.4 Å². The first kappa shape index (κ1) is 26.6. The summed E-state index contributed by atoms with van der Waals surface area (Å²) in [5, 5.41) is 54.6. The van der Waals surface area contributed by atoms with Gasteiger partial charge in [0.2, 0.25) is 0 Å². The summed E-state index contributed by atoms with van der Waals surface area (Å²) < 4.78 is 0. The van der Waals surface area contributed by atoms with E-state index in [-0.39, 0.29) is 35.2 Å². The zero-order chi connectivity index (χ0) is 26.7. The summed E-state index contributed by atoms with van der Waals surface area (Å²) in [6.07, 6.45) is 6.65. The zero-order valence-corrected chi connectivity index (χ0v) is 23.0. The summed E-state index contributed by atoms with van der Waals surface area (Å²) >= 11 is 0. The van der Waals surface area contributed by atoms with E-state index in [1.165, 1.54) is 0 Å². The van der Waals surface area contributed by atoms with Gasteiger partial charge in [-0.1, -0.05) is 46.3 Å². The molecule has 4 fully saturated rings. The summed E-state index contributed by atoms with van der Waals surface area (Å²) in [6.45, 7) is 12.7. The first-order valence-corrected chi connectivity index (χ1v) is 14.2. The van der Waals surface area contributed by atoms with E-state index in [1.807, 2.05) is 6.92 Å². The number of carbonyl (C=O) groups is 1. The van der Waals surface area contributed by atoms with Gasteiger partial charge in [-0.3, -0.25) is 4.79 Å². The maximum absolute atomic E-state index is 12.9. The summed E-state index contributed by atoms with van der Waals surface area (Å²) in [4.78, 5) is 12.9. The average molecular weight is 505 g/mol. The van der Waals surface area contributed by atoms with Crippen LogP contribution < -0.4 is 0 Å². The van der Waals surface area contributed by atoms with Gasteiger partial charge in [0.25, 0.3) is 0 Å². The van der Waals surface area contributed by atoms with Crippen molar-refractivity contribution >= 4 is 5.97 Å². The van der Waals surface area contributed by atoms with Crippen molar-refractivity contribution in [3.8, 4) is 0 Å². The van der Waals surface area contributed by atoms with Crippen molar-refractivity contribution in [3.05, 3.63) is 11.6 Å². The van der Waals surface area contributed by atoms with Crippen LogP contribution in [0.25, 0.3) is 0 Å². The zero-order valence-electron chi connectivity index (χ0n) is 23.0.